The van der Waals surface area contributed by atoms with Gasteiger partial charge < -0.3 is 4.74 Å². The second-order valence-electron chi connectivity index (χ2n) is 3.41. The highest BCUT2D eigenvalue weighted by Crippen LogP contribution is 2.23. The molecule has 0 bridgehead atoms. The molecule has 2 N–H and O–H groups in total. The largest absolute Gasteiger partial charge is 0.465 e. The topological polar surface area (TPSA) is 67.4 Å². The van der Waals surface area contributed by atoms with Gasteiger partial charge in [0, 0.05) is 5.75 Å². The third-order valence-electron chi connectivity index (χ3n) is 2.06. The molecule has 0 aliphatic heterocycles. The molecule has 0 saturated heterocycles. The number of methoxy groups -OCH3 is 1. The van der Waals surface area contributed by atoms with Crippen LogP contribution in [0.15, 0.2) is 11.4 Å². The number of nitrogens with one attached hydrogen (secondary N) is 2. The molecule has 0 atom stereocenters. The number of hydrogen-bond acceptors (Lipinski definition) is 5. The molecule has 0 saturated carbocycles. The summed E-state index contributed by atoms with van der Waals surface area (Å²) in [5, 5.41) is 4.85. The number of rotatable bonds is 6. The molecule has 1 aromatic rings. The first-order valence-electron chi connectivity index (χ1n) is 5.53. The maximum Gasteiger partial charge on any atom is 0.340 e. The Morgan fingerprint density at radius 3 is 2.94 bits per heavy atom. The van der Waals surface area contributed by atoms with E-state index in [1.165, 1.54) is 30.4 Å². The Labute approximate surface area is 114 Å². The number of amides is 2. The summed E-state index contributed by atoms with van der Waals surface area (Å²) in [5.74, 6) is 0.420. The van der Waals surface area contributed by atoms with Crippen LogP contribution in [0.2, 0.25) is 0 Å². The Morgan fingerprint density at radius 2 is 2.28 bits per heavy atom. The summed E-state index contributed by atoms with van der Waals surface area (Å²) in [5.41, 5.74) is 0.371. The van der Waals surface area contributed by atoms with Crippen molar-refractivity contribution in [3.8, 4) is 0 Å². The van der Waals surface area contributed by atoms with E-state index in [2.05, 4.69) is 21.7 Å². The Balaban J connectivity index is 2.44. The summed E-state index contributed by atoms with van der Waals surface area (Å²) in [6.45, 7) is 2.09. The number of hydrogen-bond donors (Lipinski definition) is 2. The van der Waals surface area contributed by atoms with Crippen LogP contribution in [0.3, 0.4) is 0 Å². The fourth-order valence-electron chi connectivity index (χ4n) is 1.14. The molecule has 1 heterocycles. The van der Waals surface area contributed by atoms with Crippen molar-refractivity contribution in [2.45, 2.75) is 19.8 Å². The van der Waals surface area contributed by atoms with Crippen LogP contribution in [0, 0.1) is 0 Å². The zero-order valence-corrected chi connectivity index (χ0v) is 12.0. The highest BCUT2D eigenvalue weighted by atomic mass is 32.2. The van der Waals surface area contributed by atoms with Crippen LogP contribution in [0.1, 0.15) is 30.1 Å². The predicted octanol–water partition coefficient (Wildman–Crippen LogP) is 3.10. The smallest absolute Gasteiger partial charge is 0.340 e. The van der Waals surface area contributed by atoms with E-state index in [-0.39, 0.29) is 6.03 Å². The molecule has 0 aliphatic rings. The number of carbonyl (C=O) groups is 2. The molecule has 2 amide bonds. The second kappa shape index (κ2) is 7.99. The standard InChI is InChI=1S/C11H16N2O3S2/c1-3-4-6-18-13-11(15)12-9-8(5-7-17-9)10(14)16-2/h5,7H,3-4,6H2,1-2H3,(H2,12,13,15). The third-order valence-corrected chi connectivity index (χ3v) is 3.71. The number of carbonyl (C=O) groups excluding carboxylic acids is 2. The van der Waals surface area contributed by atoms with Crippen molar-refractivity contribution in [3.05, 3.63) is 17.0 Å². The fourth-order valence-corrected chi connectivity index (χ4v) is 2.63. The van der Waals surface area contributed by atoms with Gasteiger partial charge in [0.05, 0.1) is 12.7 Å². The highest BCUT2D eigenvalue weighted by Gasteiger charge is 2.14. The Bertz CT molecular complexity index is 407. The van der Waals surface area contributed by atoms with E-state index >= 15 is 0 Å². The predicted molar refractivity (Wildman–Crippen MR) is 75.2 cm³/mol. The van der Waals surface area contributed by atoms with E-state index in [4.69, 9.17) is 0 Å². The van der Waals surface area contributed by atoms with Crippen LogP contribution in [0.5, 0.6) is 0 Å². The van der Waals surface area contributed by atoms with Gasteiger partial charge in [-0.1, -0.05) is 13.3 Å². The molecular formula is C11H16N2O3S2. The van der Waals surface area contributed by atoms with Crippen LogP contribution in [0.25, 0.3) is 0 Å². The minimum atomic E-state index is -0.454. The van der Waals surface area contributed by atoms with Crippen LogP contribution >= 0.6 is 23.3 Å². The molecule has 0 radical (unpaired) electrons. The summed E-state index contributed by atoms with van der Waals surface area (Å²) in [7, 11) is 1.31. The molecule has 7 heteroatoms. The van der Waals surface area contributed by atoms with Crippen LogP contribution < -0.4 is 10.0 Å². The second-order valence-corrected chi connectivity index (χ2v) is 5.23. The van der Waals surface area contributed by atoms with E-state index in [9.17, 15) is 9.59 Å². The SMILES string of the molecule is CCCCSNC(=O)Nc1sccc1C(=O)OC. The first-order valence-corrected chi connectivity index (χ1v) is 7.40. The van der Waals surface area contributed by atoms with Gasteiger partial charge in [-0.2, -0.15) is 0 Å². The number of esters is 1. The van der Waals surface area contributed by atoms with Crippen LogP contribution in [-0.2, 0) is 4.74 Å². The molecule has 0 fully saturated rings. The van der Waals surface area contributed by atoms with E-state index in [1.807, 2.05) is 0 Å². The summed E-state index contributed by atoms with van der Waals surface area (Å²) < 4.78 is 7.28. The van der Waals surface area contributed by atoms with Gasteiger partial charge in [0.2, 0.25) is 0 Å². The maximum absolute atomic E-state index is 11.5. The van der Waals surface area contributed by atoms with Crippen molar-refractivity contribution in [2.75, 3.05) is 18.2 Å². The molecule has 18 heavy (non-hydrogen) atoms. The molecule has 0 unspecified atom stereocenters. The number of anilines is 1. The lowest BCUT2D eigenvalue weighted by Gasteiger charge is -2.06. The Morgan fingerprint density at radius 1 is 1.50 bits per heavy atom. The summed E-state index contributed by atoms with van der Waals surface area (Å²) >= 11 is 2.64. The molecule has 1 rings (SSSR count). The highest BCUT2D eigenvalue weighted by molar-refractivity contribution is 7.97. The number of ether oxygens (including phenoxy) is 1. The molecule has 1 aromatic heterocycles. The van der Waals surface area contributed by atoms with E-state index < -0.39 is 5.97 Å². The normalized spacial score (nSPS) is 9.89. The van der Waals surface area contributed by atoms with Gasteiger partial charge in [-0.15, -0.1) is 11.3 Å². The quantitative estimate of drug-likeness (QED) is 0.479. The Hall–Kier alpha value is -1.21. The summed E-state index contributed by atoms with van der Waals surface area (Å²) in [6.07, 6.45) is 2.14. The van der Waals surface area contributed by atoms with Crippen LogP contribution in [-0.4, -0.2) is 24.9 Å². The zero-order valence-electron chi connectivity index (χ0n) is 10.3. The van der Waals surface area contributed by atoms with Crippen molar-refractivity contribution in [2.24, 2.45) is 0 Å². The fraction of sp³-hybridized carbons (Fsp3) is 0.455. The average Bonchev–Trinajstić information content (AvgIpc) is 2.82. The van der Waals surface area contributed by atoms with E-state index in [0.717, 1.165) is 18.6 Å². The van der Waals surface area contributed by atoms with Crippen molar-refractivity contribution < 1.29 is 14.3 Å². The van der Waals surface area contributed by atoms with Crippen molar-refractivity contribution in [3.63, 3.8) is 0 Å². The molecule has 5 nitrogen and oxygen atoms in total. The third kappa shape index (κ3) is 4.58. The van der Waals surface area contributed by atoms with Gasteiger partial charge in [0.1, 0.15) is 5.00 Å². The Kier molecular flexibility index (Phi) is 6.59. The first-order chi connectivity index (χ1) is 8.69. The first kappa shape index (κ1) is 14.8. The van der Waals surface area contributed by atoms with Gasteiger partial charge in [-0.05, 0) is 29.8 Å². The van der Waals surface area contributed by atoms with Gasteiger partial charge in [0.15, 0.2) is 0 Å². The van der Waals surface area contributed by atoms with E-state index in [1.54, 1.807) is 11.4 Å². The number of urea groups is 1. The van der Waals surface area contributed by atoms with Gasteiger partial charge in [-0.3, -0.25) is 10.0 Å². The van der Waals surface area contributed by atoms with Crippen molar-refractivity contribution in [1.29, 1.82) is 0 Å². The van der Waals surface area contributed by atoms with Crippen molar-refractivity contribution >= 4 is 40.3 Å². The summed E-state index contributed by atoms with van der Waals surface area (Å²) in [6, 6.07) is 1.29. The van der Waals surface area contributed by atoms with Gasteiger partial charge >= 0.3 is 12.0 Å². The molecular weight excluding hydrogens is 272 g/mol. The zero-order chi connectivity index (χ0) is 13.4. The van der Waals surface area contributed by atoms with Crippen LogP contribution in [0.4, 0.5) is 9.80 Å². The molecule has 0 aliphatic carbocycles. The monoisotopic (exact) mass is 288 g/mol. The minimum absolute atomic E-state index is 0.330. The lowest BCUT2D eigenvalue weighted by Crippen LogP contribution is -2.23. The lowest BCUT2D eigenvalue weighted by atomic mass is 10.3. The summed E-state index contributed by atoms with van der Waals surface area (Å²) in [4.78, 5) is 22.9. The van der Waals surface area contributed by atoms with E-state index in [0.29, 0.717) is 10.6 Å². The lowest BCUT2D eigenvalue weighted by molar-refractivity contribution is 0.0602. The molecule has 0 aromatic carbocycles. The maximum atomic E-state index is 11.5. The van der Waals surface area contributed by atoms with Gasteiger partial charge in [-0.25, -0.2) is 9.59 Å². The van der Waals surface area contributed by atoms with Crippen molar-refractivity contribution in [1.82, 2.24) is 4.72 Å². The molecule has 100 valence electrons. The minimum Gasteiger partial charge on any atom is -0.465 e. The molecule has 0 spiro atoms. The van der Waals surface area contributed by atoms with Gasteiger partial charge in [0.25, 0.3) is 0 Å². The average molecular weight is 288 g/mol. The number of unbranched alkanes of at least 4 members (excludes halogenated alkanes) is 1. The number of thiophene rings is 1.